The van der Waals surface area contributed by atoms with Gasteiger partial charge in [-0.3, -0.25) is 9.97 Å². The van der Waals surface area contributed by atoms with E-state index in [1.165, 1.54) is 27.8 Å². The number of aromatic nitrogens is 2. The Morgan fingerprint density at radius 1 is 0.722 bits per heavy atom. The van der Waals surface area contributed by atoms with Crippen LogP contribution < -0.4 is 0 Å². The maximum atomic E-state index is 4.95. The van der Waals surface area contributed by atoms with Crippen LogP contribution in [0.1, 0.15) is 37.5 Å². The predicted octanol–water partition coefficient (Wildman–Crippen LogP) is 9.07. The molecule has 4 aromatic rings. The molecular formula is C32H39MoN3. The Balaban J connectivity index is 0.000000393. The molecule has 2 aromatic carbocycles. The Morgan fingerprint density at radius 2 is 1.22 bits per heavy atom. The number of benzene rings is 2. The van der Waals surface area contributed by atoms with E-state index in [4.69, 9.17) is 3.50 Å². The van der Waals surface area contributed by atoms with E-state index in [0.717, 1.165) is 17.1 Å². The van der Waals surface area contributed by atoms with Gasteiger partial charge in [0, 0.05) is 12.4 Å². The zero-order valence-corrected chi connectivity index (χ0v) is 24.9. The van der Waals surface area contributed by atoms with E-state index in [2.05, 4.69) is 92.3 Å². The minimum absolute atomic E-state index is 0. The van der Waals surface area contributed by atoms with E-state index in [-0.39, 0.29) is 20.3 Å². The van der Waals surface area contributed by atoms with Crippen molar-refractivity contribution in [2.75, 3.05) is 0 Å². The first-order valence-corrected chi connectivity index (χ1v) is 13.5. The van der Waals surface area contributed by atoms with E-state index in [0.29, 0.717) is 0 Å². The minimum Gasteiger partial charge on any atom is -0.358 e. The number of hydrogen-bond donors (Lipinski definition) is 0. The van der Waals surface area contributed by atoms with Crippen LogP contribution in [0.2, 0.25) is 0 Å². The van der Waals surface area contributed by atoms with Crippen molar-refractivity contribution in [1.29, 1.82) is 0 Å². The Kier molecular flexibility index (Phi) is 12.6. The van der Waals surface area contributed by atoms with Crippen LogP contribution in [0.4, 0.5) is 5.69 Å². The maximum Gasteiger partial charge on any atom is 0.0886 e. The largest absolute Gasteiger partial charge is 0.358 e. The van der Waals surface area contributed by atoms with Crippen molar-refractivity contribution in [1.82, 2.24) is 9.97 Å². The summed E-state index contributed by atoms with van der Waals surface area (Å²) < 4.78 is 7.34. The average molecular weight is 562 g/mol. The third-order valence-electron chi connectivity index (χ3n) is 5.00. The second-order valence-corrected chi connectivity index (χ2v) is 10.9. The molecule has 0 amide bonds. The van der Waals surface area contributed by atoms with Crippen molar-refractivity contribution in [2.24, 2.45) is 8.91 Å². The molecular weight excluding hydrogens is 522 g/mol. The zero-order chi connectivity index (χ0) is 24.6. The average Bonchev–Trinajstić information content (AvgIpc) is 2.80. The number of aryl methyl sites for hydroxylation is 3. The van der Waals surface area contributed by atoms with E-state index >= 15 is 0 Å². The number of hydrogen-bond acceptors (Lipinski definition) is 3. The molecule has 0 aliphatic heterocycles. The Labute approximate surface area is 227 Å². The summed E-state index contributed by atoms with van der Waals surface area (Å²) in [4.78, 5) is 8.37. The van der Waals surface area contributed by atoms with Gasteiger partial charge in [-0.25, -0.2) is 0 Å². The van der Waals surface area contributed by atoms with Gasteiger partial charge in [-0.05, 0) is 24.3 Å². The molecule has 0 aliphatic rings. The van der Waals surface area contributed by atoms with Crippen LogP contribution in [-0.2, 0) is 17.9 Å². The van der Waals surface area contributed by atoms with Crippen LogP contribution in [0.15, 0.2) is 88.7 Å². The Bertz CT molecular complexity index is 1220. The molecule has 0 atom stereocenters. The second-order valence-electron chi connectivity index (χ2n) is 9.40. The standard InChI is InChI=1S/C15H15N.C10H8N2.C5H10.2CH3.Mo/c1-10-8-11(2)15(12(3)9-10)13-6-4-5-7-14(13)16;1-3-7-11-9(5-1)10-6-2-4-8-12-10;1-5(2,3)4;;;/h4-9H,1-3H3;1-8H;1H,2-4H3;2*1H3;/q;;;2*-1;+2. The van der Waals surface area contributed by atoms with Crippen molar-refractivity contribution >= 4 is 10.1 Å². The Morgan fingerprint density at radius 3 is 1.69 bits per heavy atom. The summed E-state index contributed by atoms with van der Waals surface area (Å²) >= 11 is -0.466. The van der Waals surface area contributed by atoms with Crippen LogP contribution in [0.5, 0.6) is 0 Å². The molecule has 0 fully saturated rings. The van der Waals surface area contributed by atoms with Crippen LogP contribution in [0, 0.1) is 41.0 Å². The van der Waals surface area contributed by atoms with Crippen LogP contribution in [-0.4, -0.2) is 14.4 Å². The van der Waals surface area contributed by atoms with Crippen LogP contribution >= 0.6 is 0 Å². The molecule has 3 nitrogen and oxygen atoms in total. The molecule has 4 heteroatoms. The summed E-state index contributed by atoms with van der Waals surface area (Å²) in [5, 5.41) is 0. The van der Waals surface area contributed by atoms with Crippen LogP contribution in [0.25, 0.3) is 22.5 Å². The molecule has 0 saturated carbocycles. The quantitative estimate of drug-likeness (QED) is 0.185. The molecule has 0 unspecified atom stereocenters. The molecule has 0 saturated heterocycles. The SMILES string of the molecule is Cc1cc(C)c(-c2ccccc2[N]=[Mo+2]=[CH]C(C)(C)C)c(C)c1.[CH3-].[CH3-].c1ccc(-c2ccccn2)nc1. The maximum absolute atomic E-state index is 4.95. The van der Waals surface area contributed by atoms with Crippen molar-refractivity contribution in [3.8, 4) is 22.5 Å². The van der Waals surface area contributed by atoms with Gasteiger partial charge in [0.25, 0.3) is 0 Å². The van der Waals surface area contributed by atoms with Crippen molar-refractivity contribution < 1.29 is 17.9 Å². The van der Waals surface area contributed by atoms with E-state index in [1.807, 2.05) is 36.4 Å². The summed E-state index contributed by atoms with van der Waals surface area (Å²) in [5.74, 6) is 0. The van der Waals surface area contributed by atoms with Gasteiger partial charge in [0.15, 0.2) is 0 Å². The van der Waals surface area contributed by atoms with E-state index in [9.17, 15) is 0 Å². The topological polar surface area (TPSA) is 38.1 Å². The van der Waals surface area contributed by atoms with Gasteiger partial charge in [-0.1, -0.05) is 12.1 Å². The summed E-state index contributed by atoms with van der Waals surface area (Å²) in [6, 6.07) is 24.7. The normalized spacial score (nSPS) is 9.94. The smallest absolute Gasteiger partial charge is 0.0886 e. The van der Waals surface area contributed by atoms with Gasteiger partial charge in [0.2, 0.25) is 0 Å². The Hall–Kier alpha value is -2.90. The molecule has 0 radical (unpaired) electrons. The fourth-order valence-corrected chi connectivity index (χ4v) is 5.22. The first-order valence-electron chi connectivity index (χ1n) is 11.5. The monoisotopic (exact) mass is 563 g/mol. The predicted molar refractivity (Wildman–Crippen MR) is 154 cm³/mol. The van der Waals surface area contributed by atoms with Crippen molar-refractivity contribution in [2.45, 2.75) is 41.5 Å². The van der Waals surface area contributed by atoms with Crippen molar-refractivity contribution in [3.05, 3.63) is 117 Å². The molecule has 2 heterocycles. The molecule has 188 valence electrons. The van der Waals surface area contributed by atoms with Gasteiger partial charge >= 0.3 is 143 Å². The zero-order valence-electron chi connectivity index (χ0n) is 22.9. The molecule has 0 N–H and O–H groups in total. The summed E-state index contributed by atoms with van der Waals surface area (Å²) in [7, 11) is 0. The van der Waals surface area contributed by atoms with Gasteiger partial charge in [0.1, 0.15) is 0 Å². The first-order chi connectivity index (χ1) is 16.2. The molecule has 0 spiro atoms. The van der Waals surface area contributed by atoms with Gasteiger partial charge in [0.05, 0.1) is 11.4 Å². The second kappa shape index (κ2) is 14.6. The van der Waals surface area contributed by atoms with E-state index < -0.39 is 17.9 Å². The number of pyridine rings is 2. The fraction of sp³-hybridized carbons (Fsp3) is 0.219. The summed E-state index contributed by atoms with van der Waals surface area (Å²) in [5.41, 5.74) is 9.83. The molecule has 0 aliphatic carbocycles. The molecule has 4 rings (SSSR count). The number of rotatable bonds is 3. The first kappa shape index (κ1) is 31.1. The molecule has 0 bridgehead atoms. The third kappa shape index (κ3) is 9.28. The summed E-state index contributed by atoms with van der Waals surface area (Å²) in [6.07, 6.45) is 3.54. The van der Waals surface area contributed by atoms with Gasteiger partial charge in [-0.2, -0.15) is 0 Å². The van der Waals surface area contributed by atoms with Crippen molar-refractivity contribution in [3.63, 3.8) is 0 Å². The summed E-state index contributed by atoms with van der Waals surface area (Å²) in [6.45, 7) is 13.3. The fourth-order valence-electron chi connectivity index (χ4n) is 3.64. The number of nitrogens with zero attached hydrogens (tertiary/aromatic N) is 3. The minimum atomic E-state index is -0.466. The van der Waals surface area contributed by atoms with E-state index in [1.54, 1.807) is 12.4 Å². The molecule has 2 aromatic heterocycles. The van der Waals surface area contributed by atoms with Crippen LogP contribution in [0.3, 0.4) is 0 Å². The third-order valence-corrected chi connectivity index (χ3v) is 7.74. The van der Waals surface area contributed by atoms with Gasteiger partial charge in [-0.15, -0.1) is 0 Å². The molecule has 36 heavy (non-hydrogen) atoms. The van der Waals surface area contributed by atoms with Gasteiger partial charge < -0.3 is 14.9 Å².